The lowest BCUT2D eigenvalue weighted by atomic mass is 9.56. The Hall–Kier alpha value is -4.19. The van der Waals surface area contributed by atoms with E-state index in [1.165, 1.54) is 33.5 Å². The first-order valence-electron chi connectivity index (χ1n) is 19.3. The van der Waals surface area contributed by atoms with E-state index in [1.807, 2.05) is 24.3 Å². The number of methoxy groups -OCH3 is 3. The first-order chi connectivity index (χ1) is 26.2. The first kappa shape index (κ1) is 35.5. The zero-order chi connectivity index (χ0) is 37.2. The summed E-state index contributed by atoms with van der Waals surface area (Å²) in [4.78, 5) is 43.5. The highest BCUT2D eigenvalue weighted by Crippen LogP contribution is 2.71. The standard InChI is InChI=1S/C42H48ClN3O8/c1-49-35-15-24-14-34(44-36(24)38(51-3)37(35)50-2)39(47)45-32-18-33(30-9-5-4-8-29(30)31(32)10-12-43)46-40(48)52-27-7-6-11-41(21-27)19-23-13-25-16-26-17-28(53-54-41)22-42(25,26)20-23/h4-5,8-9,14-15,18,23,25-28,44H,6-7,10-13,16-17,19-22H2,1-3H3,(H,45,47)(H,46,48)/t23?,25?,26?,27?,28?,41-,42?/m0/s1. The third-order valence-electron chi connectivity index (χ3n) is 13.3. The summed E-state index contributed by atoms with van der Waals surface area (Å²) in [7, 11) is 4.61. The van der Waals surface area contributed by atoms with Crippen LogP contribution in [-0.2, 0) is 20.9 Å². The van der Waals surface area contributed by atoms with Crippen molar-refractivity contribution >= 4 is 56.7 Å². The molecule has 6 unspecified atom stereocenters. The number of H-pyrrole nitrogens is 1. The zero-order valence-corrected chi connectivity index (χ0v) is 31.8. The van der Waals surface area contributed by atoms with Crippen molar-refractivity contribution < 1.29 is 38.3 Å². The molecule has 0 radical (unpaired) electrons. The number of halogens is 1. The van der Waals surface area contributed by atoms with Crippen LogP contribution in [0.4, 0.5) is 16.2 Å². The van der Waals surface area contributed by atoms with E-state index in [0.29, 0.717) is 75.3 Å². The van der Waals surface area contributed by atoms with Gasteiger partial charge in [0.05, 0.1) is 38.6 Å². The molecular weight excluding hydrogens is 710 g/mol. The maximum Gasteiger partial charge on any atom is 0.411 e. The largest absolute Gasteiger partial charge is 0.493 e. The van der Waals surface area contributed by atoms with E-state index in [-0.39, 0.29) is 18.1 Å². The van der Waals surface area contributed by atoms with E-state index in [9.17, 15) is 9.59 Å². The van der Waals surface area contributed by atoms with Crippen molar-refractivity contribution in [3.05, 3.63) is 53.7 Å². The second kappa shape index (κ2) is 13.8. The number of aromatic amines is 1. The number of ether oxygens (including phenoxy) is 4. The predicted octanol–water partition coefficient (Wildman–Crippen LogP) is 9.16. The van der Waals surface area contributed by atoms with Crippen LogP contribution in [0.5, 0.6) is 17.2 Å². The fraction of sp³-hybridized carbons (Fsp3) is 0.524. The molecule has 4 aromatic rings. The summed E-state index contributed by atoms with van der Waals surface area (Å²) in [6, 6.07) is 13.1. The Labute approximate surface area is 319 Å². The second-order valence-electron chi connectivity index (χ2n) is 16.2. The summed E-state index contributed by atoms with van der Waals surface area (Å²) < 4.78 is 22.9. The number of carbonyl (C=O) groups excluding carboxylic acids is 2. The Morgan fingerprint density at radius 1 is 0.907 bits per heavy atom. The number of rotatable bonds is 9. The molecule has 4 saturated carbocycles. The number of hydrogen-bond donors (Lipinski definition) is 3. The average Bonchev–Trinajstić information content (AvgIpc) is 3.81. The van der Waals surface area contributed by atoms with Gasteiger partial charge in [0.25, 0.3) is 5.91 Å². The molecule has 1 aliphatic heterocycles. The number of amides is 2. The highest BCUT2D eigenvalue weighted by Gasteiger charge is 2.65. The van der Waals surface area contributed by atoms with Crippen LogP contribution in [0.15, 0.2) is 42.5 Å². The van der Waals surface area contributed by atoms with Gasteiger partial charge in [-0.25, -0.2) is 14.6 Å². The minimum atomic E-state index is -0.543. The van der Waals surface area contributed by atoms with E-state index in [2.05, 4.69) is 15.6 Å². The van der Waals surface area contributed by atoms with Crippen molar-refractivity contribution in [2.75, 3.05) is 37.8 Å². The quantitative estimate of drug-likeness (QED) is 0.114. The summed E-state index contributed by atoms with van der Waals surface area (Å²) in [6.07, 6.45) is 10.2. The molecule has 7 atom stereocenters. The maximum atomic E-state index is 13.9. The summed E-state index contributed by atoms with van der Waals surface area (Å²) in [5.41, 5.74) is 2.86. The van der Waals surface area contributed by atoms with Crippen LogP contribution in [0.2, 0.25) is 0 Å². The van der Waals surface area contributed by atoms with Crippen LogP contribution < -0.4 is 24.8 Å². The lowest BCUT2D eigenvalue weighted by molar-refractivity contribution is -0.394. The van der Waals surface area contributed by atoms with Gasteiger partial charge in [-0.05, 0) is 117 Å². The van der Waals surface area contributed by atoms with Crippen molar-refractivity contribution in [1.29, 1.82) is 0 Å². The zero-order valence-electron chi connectivity index (χ0n) is 31.1. The number of benzene rings is 3. The number of nitrogens with one attached hydrogen (secondary N) is 3. The maximum absolute atomic E-state index is 13.9. The van der Waals surface area contributed by atoms with Gasteiger partial charge in [0.2, 0.25) is 5.75 Å². The number of aryl methyl sites for hydroxylation is 1. The number of aromatic nitrogens is 1. The molecule has 2 heterocycles. The van der Waals surface area contributed by atoms with Gasteiger partial charge in [0.15, 0.2) is 11.5 Å². The monoisotopic (exact) mass is 757 g/mol. The van der Waals surface area contributed by atoms with Crippen molar-refractivity contribution in [3.63, 3.8) is 0 Å². The number of alkyl halides is 1. The van der Waals surface area contributed by atoms with E-state index in [1.54, 1.807) is 25.3 Å². The van der Waals surface area contributed by atoms with Crippen LogP contribution >= 0.6 is 11.6 Å². The molecule has 3 aromatic carbocycles. The third kappa shape index (κ3) is 5.94. The Bertz CT molecular complexity index is 2120. The summed E-state index contributed by atoms with van der Waals surface area (Å²) in [5, 5.41) is 8.52. The molecule has 9 rings (SSSR count). The first-order valence-corrected chi connectivity index (χ1v) is 19.8. The topological polar surface area (TPSA) is 129 Å². The number of carbonyl (C=O) groups is 2. The Balaban J connectivity index is 0.955. The predicted molar refractivity (Wildman–Crippen MR) is 206 cm³/mol. The Morgan fingerprint density at radius 3 is 2.52 bits per heavy atom. The molecule has 11 nitrogen and oxygen atoms in total. The normalized spacial score (nSPS) is 29.6. The molecule has 54 heavy (non-hydrogen) atoms. The second-order valence-corrected chi connectivity index (χ2v) is 16.6. The fourth-order valence-corrected chi connectivity index (χ4v) is 11.4. The number of hydrogen-bond acceptors (Lipinski definition) is 8. The minimum absolute atomic E-state index is 0.175. The molecule has 3 N–H and O–H groups in total. The molecule has 12 heteroatoms. The minimum Gasteiger partial charge on any atom is -0.493 e. The molecule has 5 aliphatic rings. The molecule has 2 spiro atoms. The van der Waals surface area contributed by atoms with Crippen LogP contribution in [0.3, 0.4) is 0 Å². The highest BCUT2D eigenvalue weighted by atomic mass is 35.5. The summed E-state index contributed by atoms with van der Waals surface area (Å²) in [5.74, 6) is 3.57. The highest BCUT2D eigenvalue weighted by molar-refractivity contribution is 6.18. The average molecular weight is 758 g/mol. The smallest absolute Gasteiger partial charge is 0.411 e. The van der Waals surface area contributed by atoms with Crippen molar-refractivity contribution in [2.24, 2.45) is 23.2 Å². The van der Waals surface area contributed by atoms with Gasteiger partial charge < -0.3 is 29.2 Å². The molecule has 286 valence electrons. The molecule has 1 aromatic heterocycles. The van der Waals surface area contributed by atoms with Crippen LogP contribution in [0, 0.1) is 23.2 Å². The van der Waals surface area contributed by atoms with Gasteiger partial charge >= 0.3 is 6.09 Å². The Morgan fingerprint density at radius 2 is 1.72 bits per heavy atom. The van der Waals surface area contributed by atoms with E-state index < -0.39 is 11.7 Å². The fourth-order valence-electron chi connectivity index (χ4n) is 11.2. The van der Waals surface area contributed by atoms with Gasteiger partial charge in [0, 0.05) is 28.8 Å². The molecule has 4 aliphatic carbocycles. The van der Waals surface area contributed by atoms with Gasteiger partial charge in [-0.2, -0.15) is 0 Å². The van der Waals surface area contributed by atoms with E-state index in [4.69, 9.17) is 40.3 Å². The van der Waals surface area contributed by atoms with Gasteiger partial charge in [-0.3, -0.25) is 10.1 Å². The molecular formula is C42H48ClN3O8. The molecule has 1 saturated heterocycles. The van der Waals surface area contributed by atoms with Crippen molar-refractivity contribution in [1.82, 2.24) is 4.98 Å². The van der Waals surface area contributed by atoms with Crippen LogP contribution in [-0.4, -0.2) is 62.0 Å². The van der Waals surface area contributed by atoms with Crippen LogP contribution in [0.25, 0.3) is 21.7 Å². The third-order valence-corrected chi connectivity index (χ3v) is 13.5. The van der Waals surface area contributed by atoms with Crippen LogP contribution in [0.1, 0.15) is 80.3 Å². The lowest BCUT2D eigenvalue weighted by Crippen LogP contribution is -2.44. The Kier molecular flexibility index (Phi) is 9.10. The lowest BCUT2D eigenvalue weighted by Gasteiger charge is -2.48. The van der Waals surface area contributed by atoms with E-state index >= 15 is 0 Å². The van der Waals surface area contributed by atoms with Gasteiger partial charge in [0.1, 0.15) is 17.4 Å². The summed E-state index contributed by atoms with van der Waals surface area (Å²) in [6.45, 7) is 0. The number of fused-ring (bicyclic) bond motifs is 4. The SMILES string of the molecule is COc1cc2cc(C(=O)Nc3cc(NC(=O)OC4CCC[C@]5(CC6CC7CC8CC(CC78C6)OO5)C4)c4ccccc4c3CCCl)[nH]c2c(OC)c1OC. The van der Waals surface area contributed by atoms with Gasteiger partial charge in [-0.1, -0.05) is 24.3 Å². The molecule has 5 fully saturated rings. The summed E-state index contributed by atoms with van der Waals surface area (Å²) >= 11 is 6.31. The van der Waals surface area contributed by atoms with Crippen molar-refractivity contribution in [3.8, 4) is 17.2 Å². The molecule has 2 amide bonds. The van der Waals surface area contributed by atoms with Gasteiger partial charge in [-0.15, -0.1) is 11.6 Å². The number of anilines is 2. The molecule has 3 bridgehead atoms. The van der Waals surface area contributed by atoms with Crippen molar-refractivity contribution in [2.45, 2.75) is 88.4 Å². The van der Waals surface area contributed by atoms with E-state index in [0.717, 1.165) is 66.7 Å².